The van der Waals surface area contributed by atoms with Crippen LogP contribution in [0.2, 0.25) is 0 Å². The van der Waals surface area contributed by atoms with E-state index in [1.165, 1.54) is 6.33 Å². The first-order valence-corrected chi connectivity index (χ1v) is 11.3. The van der Waals surface area contributed by atoms with Gasteiger partial charge in [0.1, 0.15) is 12.7 Å². The molecule has 0 aliphatic carbocycles. The summed E-state index contributed by atoms with van der Waals surface area (Å²) >= 11 is 0. The van der Waals surface area contributed by atoms with E-state index >= 15 is 0 Å². The SMILES string of the molecule is Cc1cccc(NC(=O)c2ccccc2NC(=O)CN(C)C(C)c2ccc(-n3cncn3)cc2)c1. The minimum absolute atomic E-state index is 0.00501. The number of hydrogen-bond donors (Lipinski definition) is 2. The fourth-order valence-corrected chi connectivity index (χ4v) is 3.77. The van der Waals surface area contributed by atoms with Crippen LogP contribution >= 0.6 is 0 Å². The molecule has 1 heterocycles. The quantitative estimate of drug-likeness (QED) is 0.398. The molecule has 2 N–H and O–H groups in total. The van der Waals surface area contributed by atoms with Crippen LogP contribution in [0.25, 0.3) is 5.69 Å². The number of para-hydroxylation sites is 1. The third-order valence-corrected chi connectivity index (χ3v) is 5.83. The summed E-state index contributed by atoms with van der Waals surface area (Å²) < 4.78 is 1.69. The number of rotatable bonds is 8. The third-order valence-electron chi connectivity index (χ3n) is 5.83. The lowest BCUT2D eigenvalue weighted by Gasteiger charge is -2.25. The monoisotopic (exact) mass is 468 g/mol. The van der Waals surface area contributed by atoms with Gasteiger partial charge in [0.2, 0.25) is 5.91 Å². The Morgan fingerprint density at radius 2 is 1.77 bits per heavy atom. The first-order valence-electron chi connectivity index (χ1n) is 11.3. The van der Waals surface area contributed by atoms with Gasteiger partial charge in [-0.2, -0.15) is 5.10 Å². The number of aryl methyl sites for hydroxylation is 1. The fourth-order valence-electron chi connectivity index (χ4n) is 3.77. The maximum Gasteiger partial charge on any atom is 0.257 e. The zero-order valence-corrected chi connectivity index (χ0v) is 20.0. The van der Waals surface area contributed by atoms with E-state index in [2.05, 4.69) is 20.7 Å². The van der Waals surface area contributed by atoms with Crippen molar-refractivity contribution < 1.29 is 9.59 Å². The fraction of sp³-hybridized carbons (Fsp3) is 0.185. The maximum atomic E-state index is 12.9. The lowest BCUT2D eigenvalue weighted by atomic mass is 10.1. The molecular formula is C27H28N6O2. The molecule has 0 saturated carbocycles. The van der Waals surface area contributed by atoms with Crippen molar-refractivity contribution >= 4 is 23.2 Å². The number of likely N-dealkylation sites (N-methyl/N-ethyl adjacent to an activating group) is 1. The number of aromatic nitrogens is 3. The van der Waals surface area contributed by atoms with Crippen molar-refractivity contribution in [3.8, 4) is 5.69 Å². The average molecular weight is 469 g/mol. The summed E-state index contributed by atoms with van der Waals surface area (Å²) in [4.78, 5) is 31.6. The Hall–Kier alpha value is -4.30. The number of carbonyl (C=O) groups is 2. The molecule has 0 bridgehead atoms. The molecule has 8 heteroatoms. The first-order chi connectivity index (χ1) is 16.9. The van der Waals surface area contributed by atoms with E-state index in [-0.39, 0.29) is 24.4 Å². The highest BCUT2D eigenvalue weighted by molar-refractivity contribution is 6.10. The van der Waals surface area contributed by atoms with Crippen molar-refractivity contribution in [1.82, 2.24) is 19.7 Å². The molecule has 3 aromatic carbocycles. The molecule has 8 nitrogen and oxygen atoms in total. The van der Waals surface area contributed by atoms with Crippen LogP contribution < -0.4 is 10.6 Å². The Kier molecular flexibility index (Phi) is 7.32. The Bertz CT molecular complexity index is 1300. The first kappa shape index (κ1) is 23.8. The number of anilines is 2. The van der Waals surface area contributed by atoms with Crippen molar-refractivity contribution in [3.63, 3.8) is 0 Å². The third kappa shape index (κ3) is 5.99. The van der Waals surface area contributed by atoms with Crippen molar-refractivity contribution in [3.05, 3.63) is 102 Å². The summed E-state index contributed by atoms with van der Waals surface area (Å²) in [7, 11) is 1.89. The van der Waals surface area contributed by atoms with Gasteiger partial charge in [0, 0.05) is 11.7 Å². The van der Waals surface area contributed by atoms with Gasteiger partial charge in [0.05, 0.1) is 23.5 Å². The predicted molar refractivity (Wildman–Crippen MR) is 137 cm³/mol. The van der Waals surface area contributed by atoms with Crippen molar-refractivity contribution in [2.24, 2.45) is 0 Å². The summed E-state index contributed by atoms with van der Waals surface area (Å²) in [5.74, 6) is -0.477. The van der Waals surface area contributed by atoms with Crippen LogP contribution in [0.5, 0.6) is 0 Å². The standard InChI is InChI=1S/C27H28N6O2/c1-19-7-6-8-22(15-19)30-27(35)24-9-4-5-10-25(24)31-26(34)16-32(3)20(2)21-11-13-23(14-12-21)33-18-28-17-29-33/h4-15,17-18,20H,16H2,1-3H3,(H,30,35)(H,31,34). The molecule has 4 rings (SSSR count). The number of nitrogens with one attached hydrogen (secondary N) is 2. The second-order valence-electron chi connectivity index (χ2n) is 8.44. The highest BCUT2D eigenvalue weighted by Crippen LogP contribution is 2.21. The highest BCUT2D eigenvalue weighted by atomic mass is 16.2. The van der Waals surface area contributed by atoms with Crippen molar-refractivity contribution in [2.75, 3.05) is 24.2 Å². The predicted octanol–water partition coefficient (Wildman–Crippen LogP) is 4.46. The van der Waals surface area contributed by atoms with Gasteiger partial charge in [0.15, 0.2) is 0 Å². The van der Waals surface area contributed by atoms with E-state index in [9.17, 15) is 9.59 Å². The summed E-state index contributed by atoms with van der Waals surface area (Å²) in [6.45, 7) is 4.17. The number of carbonyl (C=O) groups excluding carboxylic acids is 2. The van der Waals surface area contributed by atoms with Gasteiger partial charge in [-0.05, 0) is 68.4 Å². The lowest BCUT2D eigenvalue weighted by Crippen LogP contribution is -2.32. The maximum absolute atomic E-state index is 12.9. The van der Waals surface area contributed by atoms with Gasteiger partial charge >= 0.3 is 0 Å². The molecule has 0 aliphatic rings. The Morgan fingerprint density at radius 3 is 2.49 bits per heavy atom. The summed E-state index contributed by atoms with van der Waals surface area (Å²) in [5, 5.41) is 9.93. The van der Waals surface area contributed by atoms with Gasteiger partial charge in [-0.15, -0.1) is 0 Å². The van der Waals surface area contributed by atoms with Crippen molar-refractivity contribution in [2.45, 2.75) is 19.9 Å². The minimum Gasteiger partial charge on any atom is -0.324 e. The molecule has 0 radical (unpaired) electrons. The second kappa shape index (κ2) is 10.8. The van der Waals surface area contributed by atoms with Gasteiger partial charge in [-0.25, -0.2) is 9.67 Å². The van der Waals surface area contributed by atoms with Gasteiger partial charge in [-0.1, -0.05) is 36.4 Å². The van der Waals surface area contributed by atoms with E-state index in [1.807, 2.05) is 74.3 Å². The zero-order valence-electron chi connectivity index (χ0n) is 20.0. The zero-order chi connectivity index (χ0) is 24.8. The molecule has 0 saturated heterocycles. The van der Waals surface area contributed by atoms with Crippen LogP contribution in [0.1, 0.15) is 34.5 Å². The Morgan fingerprint density at radius 1 is 1.00 bits per heavy atom. The van der Waals surface area contributed by atoms with Crippen LogP contribution in [0.15, 0.2) is 85.5 Å². The van der Waals surface area contributed by atoms with Crippen LogP contribution in [0, 0.1) is 6.92 Å². The molecule has 35 heavy (non-hydrogen) atoms. The molecule has 0 aliphatic heterocycles. The van der Waals surface area contributed by atoms with Gasteiger partial charge in [0.25, 0.3) is 5.91 Å². The van der Waals surface area contributed by atoms with E-state index in [1.54, 1.807) is 35.3 Å². The smallest absolute Gasteiger partial charge is 0.257 e. The largest absolute Gasteiger partial charge is 0.324 e. The van der Waals surface area contributed by atoms with E-state index in [0.717, 1.165) is 16.8 Å². The molecule has 1 unspecified atom stereocenters. The highest BCUT2D eigenvalue weighted by Gasteiger charge is 2.18. The number of nitrogens with zero attached hydrogens (tertiary/aromatic N) is 4. The van der Waals surface area contributed by atoms with Crippen LogP contribution in [-0.2, 0) is 4.79 Å². The van der Waals surface area contributed by atoms with Crippen molar-refractivity contribution in [1.29, 1.82) is 0 Å². The minimum atomic E-state index is -0.277. The second-order valence-corrected chi connectivity index (χ2v) is 8.44. The Labute approximate surface area is 204 Å². The van der Waals surface area contributed by atoms with E-state index < -0.39 is 0 Å². The van der Waals surface area contributed by atoms with Gasteiger partial charge < -0.3 is 10.6 Å². The Balaban J connectivity index is 1.38. The summed E-state index contributed by atoms with van der Waals surface area (Å²) in [6, 6.07) is 22.6. The number of amides is 2. The molecule has 1 aromatic heterocycles. The number of hydrogen-bond acceptors (Lipinski definition) is 5. The molecule has 2 amide bonds. The molecule has 1 atom stereocenters. The normalized spacial score (nSPS) is 11.8. The van der Waals surface area contributed by atoms with Crippen LogP contribution in [0.4, 0.5) is 11.4 Å². The molecule has 0 fully saturated rings. The summed E-state index contributed by atoms with van der Waals surface area (Å²) in [5.41, 5.74) is 4.62. The molecule has 0 spiro atoms. The molecule has 178 valence electrons. The number of benzene rings is 3. The lowest BCUT2D eigenvalue weighted by molar-refractivity contribution is -0.117. The van der Waals surface area contributed by atoms with E-state index in [4.69, 9.17) is 0 Å². The summed E-state index contributed by atoms with van der Waals surface area (Å²) in [6.07, 6.45) is 3.14. The average Bonchev–Trinajstić information content (AvgIpc) is 3.39. The van der Waals surface area contributed by atoms with Crippen LogP contribution in [0.3, 0.4) is 0 Å². The molecule has 4 aromatic rings. The van der Waals surface area contributed by atoms with E-state index in [0.29, 0.717) is 16.9 Å². The molecular weight excluding hydrogens is 440 g/mol. The van der Waals surface area contributed by atoms with Gasteiger partial charge in [-0.3, -0.25) is 14.5 Å². The topological polar surface area (TPSA) is 92.2 Å². The van der Waals surface area contributed by atoms with Crippen LogP contribution in [-0.4, -0.2) is 45.1 Å².